The topological polar surface area (TPSA) is 69.8 Å². The lowest BCUT2D eigenvalue weighted by Crippen LogP contribution is -2.33. The van der Waals surface area contributed by atoms with Gasteiger partial charge in [0.05, 0.1) is 31.1 Å². The van der Waals surface area contributed by atoms with Crippen molar-refractivity contribution in [3.8, 4) is 0 Å². The van der Waals surface area contributed by atoms with Crippen LogP contribution in [0.25, 0.3) is 10.8 Å². The zero-order chi connectivity index (χ0) is 29.6. The first-order valence-corrected chi connectivity index (χ1v) is 16.5. The molecule has 0 saturated heterocycles. The molecule has 0 unspecified atom stereocenters. The van der Waals surface area contributed by atoms with Gasteiger partial charge in [0, 0.05) is 19.1 Å². The Labute approximate surface area is 253 Å². The van der Waals surface area contributed by atoms with E-state index >= 15 is 0 Å². The lowest BCUT2D eigenvalue weighted by atomic mass is 9.96. The van der Waals surface area contributed by atoms with Crippen molar-refractivity contribution in [3.05, 3.63) is 60.0 Å². The van der Waals surface area contributed by atoms with Crippen LogP contribution in [-0.2, 0) is 6.54 Å². The summed E-state index contributed by atoms with van der Waals surface area (Å²) in [5.41, 5.74) is 2.37. The highest BCUT2D eigenvalue weighted by atomic mass is 15.3. The number of benzene rings is 2. The van der Waals surface area contributed by atoms with Gasteiger partial charge in [-0.25, -0.2) is 9.98 Å². The molecule has 3 aromatic rings. The highest BCUT2D eigenvalue weighted by molar-refractivity contribution is 6.00. The van der Waals surface area contributed by atoms with Gasteiger partial charge in [-0.3, -0.25) is 9.89 Å². The molecule has 5 rings (SSSR count). The van der Waals surface area contributed by atoms with Crippen LogP contribution in [0, 0.1) is 6.92 Å². The zero-order valence-electron chi connectivity index (χ0n) is 26.5. The number of aliphatic imine (C=N–C) groups is 2. The van der Waals surface area contributed by atoms with E-state index in [1.165, 1.54) is 67.7 Å². The molecule has 2 fully saturated rings. The fourth-order valence-electron chi connectivity index (χ4n) is 6.20. The molecule has 2 aromatic carbocycles. The number of unbranched alkanes of at least 4 members (excludes halogenated alkanes) is 1. The van der Waals surface area contributed by atoms with Crippen LogP contribution in [0.5, 0.6) is 0 Å². The van der Waals surface area contributed by atoms with E-state index in [-0.39, 0.29) is 0 Å². The number of rotatable bonds is 11. The monoisotopic (exact) mass is 571 g/mol. The molecule has 7 nitrogen and oxygen atoms in total. The average Bonchev–Trinajstić information content (AvgIpc) is 3.69. The number of imidazole rings is 1. The van der Waals surface area contributed by atoms with Crippen molar-refractivity contribution in [3.63, 3.8) is 0 Å². The Morgan fingerprint density at radius 2 is 1.74 bits per heavy atom. The second-order valence-electron chi connectivity index (χ2n) is 11.6. The third kappa shape index (κ3) is 8.90. The predicted octanol–water partition coefficient (Wildman–Crippen LogP) is 8.46. The molecule has 0 aliphatic heterocycles. The molecule has 2 saturated carbocycles. The number of aryl methyl sites for hydroxylation is 1. The SMILES string of the molecule is CC.CCCCN(C/N=C/NC(=NC1CCCCC1)Nc1c(C)ncn1C1CCCC1)Cc1cccc2ccccc12. The molecule has 7 heteroatoms. The van der Waals surface area contributed by atoms with Crippen LogP contribution in [0.3, 0.4) is 0 Å². The minimum Gasteiger partial charge on any atom is -0.317 e. The molecule has 1 heterocycles. The van der Waals surface area contributed by atoms with Crippen molar-refractivity contribution in [2.45, 2.75) is 117 Å². The summed E-state index contributed by atoms with van der Waals surface area (Å²) in [6.07, 6.45) is 17.3. The van der Waals surface area contributed by atoms with E-state index in [1.807, 2.05) is 26.5 Å². The largest absolute Gasteiger partial charge is 0.317 e. The zero-order valence-corrected chi connectivity index (χ0v) is 26.5. The quantitative estimate of drug-likeness (QED) is 0.179. The highest BCUT2D eigenvalue weighted by Gasteiger charge is 2.22. The lowest BCUT2D eigenvalue weighted by Gasteiger charge is -2.22. The van der Waals surface area contributed by atoms with Crippen molar-refractivity contribution in [2.75, 3.05) is 18.5 Å². The lowest BCUT2D eigenvalue weighted by molar-refractivity contribution is 0.271. The number of nitrogens with one attached hydrogen (secondary N) is 2. The van der Waals surface area contributed by atoms with Crippen LogP contribution >= 0.6 is 0 Å². The maximum absolute atomic E-state index is 5.14. The Hall–Kier alpha value is -3.19. The molecule has 2 aliphatic carbocycles. The summed E-state index contributed by atoms with van der Waals surface area (Å²) >= 11 is 0. The van der Waals surface area contributed by atoms with Gasteiger partial charge >= 0.3 is 0 Å². The van der Waals surface area contributed by atoms with E-state index in [2.05, 4.69) is 81.4 Å². The minimum absolute atomic E-state index is 0.354. The Morgan fingerprint density at radius 3 is 2.52 bits per heavy atom. The number of nitrogens with zero attached hydrogens (tertiary/aromatic N) is 5. The summed E-state index contributed by atoms with van der Waals surface area (Å²) in [4.78, 5) is 17.1. The normalized spacial score (nSPS) is 16.7. The number of guanidine groups is 1. The van der Waals surface area contributed by atoms with Gasteiger partial charge in [-0.15, -0.1) is 0 Å². The van der Waals surface area contributed by atoms with Gasteiger partial charge in [0.15, 0.2) is 0 Å². The summed E-state index contributed by atoms with van der Waals surface area (Å²) < 4.78 is 2.33. The first kappa shape index (κ1) is 31.7. The summed E-state index contributed by atoms with van der Waals surface area (Å²) in [6.45, 7) is 10.9. The maximum Gasteiger partial charge on any atom is 0.202 e. The Kier molecular flexibility index (Phi) is 12.9. The van der Waals surface area contributed by atoms with Gasteiger partial charge in [0.1, 0.15) is 5.82 Å². The van der Waals surface area contributed by atoms with E-state index in [4.69, 9.17) is 9.98 Å². The maximum atomic E-state index is 5.14. The number of hydrogen-bond acceptors (Lipinski definition) is 4. The van der Waals surface area contributed by atoms with Crippen LogP contribution in [-0.4, -0.2) is 46.0 Å². The molecular formula is C35H53N7. The molecule has 0 amide bonds. The number of aromatic nitrogens is 2. The summed E-state index contributed by atoms with van der Waals surface area (Å²) in [5, 5.41) is 9.69. The molecule has 2 aliphatic rings. The highest BCUT2D eigenvalue weighted by Crippen LogP contribution is 2.33. The molecule has 228 valence electrons. The number of fused-ring (bicyclic) bond motifs is 1. The molecule has 0 atom stereocenters. The van der Waals surface area contributed by atoms with Gasteiger partial charge in [0.25, 0.3) is 0 Å². The molecular weight excluding hydrogens is 518 g/mol. The Morgan fingerprint density at radius 1 is 1.00 bits per heavy atom. The van der Waals surface area contributed by atoms with Crippen molar-refractivity contribution < 1.29 is 0 Å². The van der Waals surface area contributed by atoms with E-state index in [1.54, 1.807) is 0 Å². The first-order valence-electron chi connectivity index (χ1n) is 16.5. The van der Waals surface area contributed by atoms with Crippen molar-refractivity contribution in [1.29, 1.82) is 0 Å². The molecule has 42 heavy (non-hydrogen) atoms. The van der Waals surface area contributed by atoms with Gasteiger partial charge < -0.3 is 15.2 Å². The summed E-state index contributed by atoms with van der Waals surface area (Å²) in [6, 6.07) is 16.1. The van der Waals surface area contributed by atoms with Crippen molar-refractivity contribution in [1.82, 2.24) is 19.8 Å². The molecule has 0 spiro atoms. The smallest absolute Gasteiger partial charge is 0.202 e. The third-order valence-electron chi connectivity index (χ3n) is 8.49. The van der Waals surface area contributed by atoms with Gasteiger partial charge in [0.2, 0.25) is 5.96 Å². The van der Waals surface area contributed by atoms with Crippen LogP contribution < -0.4 is 10.6 Å². The van der Waals surface area contributed by atoms with E-state index < -0.39 is 0 Å². The van der Waals surface area contributed by atoms with Crippen molar-refractivity contribution >= 4 is 28.9 Å². The van der Waals surface area contributed by atoms with Crippen LogP contribution in [0.1, 0.15) is 109 Å². The molecule has 1 aromatic heterocycles. The average molecular weight is 572 g/mol. The van der Waals surface area contributed by atoms with E-state index in [0.717, 1.165) is 49.8 Å². The number of hydrogen-bond donors (Lipinski definition) is 2. The first-order chi connectivity index (χ1) is 20.7. The fourth-order valence-corrected chi connectivity index (χ4v) is 6.20. The molecule has 0 radical (unpaired) electrons. The second kappa shape index (κ2) is 17.1. The Balaban J connectivity index is 0.00000198. The van der Waals surface area contributed by atoms with E-state index in [0.29, 0.717) is 18.8 Å². The summed E-state index contributed by atoms with van der Waals surface area (Å²) in [7, 11) is 0. The van der Waals surface area contributed by atoms with Crippen LogP contribution in [0.2, 0.25) is 0 Å². The summed E-state index contributed by atoms with van der Waals surface area (Å²) in [5.74, 6) is 1.84. The van der Waals surface area contributed by atoms with Crippen molar-refractivity contribution in [2.24, 2.45) is 9.98 Å². The molecule has 0 bridgehead atoms. The van der Waals surface area contributed by atoms with Gasteiger partial charge in [-0.05, 0) is 55.4 Å². The van der Waals surface area contributed by atoms with Gasteiger partial charge in [-0.2, -0.15) is 0 Å². The van der Waals surface area contributed by atoms with E-state index in [9.17, 15) is 0 Å². The minimum atomic E-state index is 0.354. The van der Waals surface area contributed by atoms with Crippen LogP contribution in [0.15, 0.2) is 58.8 Å². The third-order valence-corrected chi connectivity index (χ3v) is 8.49. The van der Waals surface area contributed by atoms with Crippen LogP contribution in [0.4, 0.5) is 5.82 Å². The Bertz CT molecular complexity index is 1260. The number of anilines is 1. The predicted molar refractivity (Wildman–Crippen MR) is 180 cm³/mol. The standard InChI is InChI=1S/C33H47N7.C2H6/c1-3-4-21-39(22-28-15-12-14-27-13-8-11-20-31(27)28)24-34-23-35-33(37-29-16-6-5-7-17-29)38-32-26(2)36-25-40(32)30-18-9-10-19-30;1-2/h8,11-15,20,23,25,29-30H,3-7,9-10,16-19,21-22,24H2,1-2H3,(H2,34,35,37,38);1-2H3. The molecule has 2 N–H and O–H groups in total. The fraction of sp³-hybridized carbons (Fsp3) is 0.571. The van der Waals surface area contributed by atoms with Gasteiger partial charge in [-0.1, -0.05) is 102 Å². The second-order valence-corrected chi connectivity index (χ2v) is 11.6.